The number of hydrogen-bond acceptors (Lipinski definition) is 1. The highest BCUT2D eigenvalue weighted by Gasteiger charge is 2.20. The van der Waals surface area contributed by atoms with Crippen LogP contribution in [0.4, 0.5) is 4.39 Å². The van der Waals surface area contributed by atoms with Gasteiger partial charge in [-0.3, -0.25) is 0 Å². The maximum absolute atomic E-state index is 13.5. The van der Waals surface area contributed by atoms with Gasteiger partial charge in [-0.2, -0.15) is 0 Å². The summed E-state index contributed by atoms with van der Waals surface area (Å²) in [6.07, 6.45) is 5.79. The predicted octanol–water partition coefficient (Wildman–Crippen LogP) is 5.33. The van der Waals surface area contributed by atoms with Crippen molar-refractivity contribution in [2.75, 3.05) is 6.54 Å². The Morgan fingerprint density at radius 3 is 2.25 bits per heavy atom. The van der Waals surface area contributed by atoms with E-state index in [-0.39, 0.29) is 5.82 Å². The molecule has 0 saturated heterocycles. The molecular formula is C17H27BrFN. The second kappa shape index (κ2) is 9.51. The monoisotopic (exact) mass is 343 g/mol. The molecule has 0 aliphatic rings. The standard InChI is InChI=1S/C17H27BrFN/c1-4-7-14(8-5-2)17(20-6-3)11-13-9-15(18)12-16(19)10-13/h9-10,12,14,17,20H,4-8,11H2,1-3H3. The fourth-order valence-corrected chi connectivity index (χ4v) is 3.45. The number of rotatable bonds is 9. The van der Waals surface area contributed by atoms with Crippen LogP contribution in [-0.2, 0) is 6.42 Å². The van der Waals surface area contributed by atoms with Gasteiger partial charge in [0, 0.05) is 10.5 Å². The summed E-state index contributed by atoms with van der Waals surface area (Å²) in [5.41, 5.74) is 1.07. The van der Waals surface area contributed by atoms with Crippen molar-refractivity contribution >= 4 is 15.9 Å². The Kier molecular flexibility index (Phi) is 8.39. The molecule has 1 nitrogen and oxygen atoms in total. The summed E-state index contributed by atoms with van der Waals surface area (Å²) < 4.78 is 14.3. The van der Waals surface area contributed by atoms with E-state index in [1.165, 1.54) is 31.7 Å². The van der Waals surface area contributed by atoms with Crippen LogP contribution in [0.2, 0.25) is 0 Å². The van der Waals surface area contributed by atoms with Gasteiger partial charge in [0.2, 0.25) is 0 Å². The number of likely N-dealkylation sites (N-methyl/N-ethyl adjacent to an activating group) is 1. The Bertz CT molecular complexity index is 368. The smallest absolute Gasteiger partial charge is 0.124 e. The molecule has 1 aromatic rings. The SMILES string of the molecule is CCCC(CCC)C(Cc1cc(F)cc(Br)c1)NCC. The Hall–Kier alpha value is -0.410. The van der Waals surface area contributed by atoms with Gasteiger partial charge in [0.1, 0.15) is 5.82 Å². The molecule has 0 bridgehead atoms. The first-order valence-corrected chi connectivity index (χ1v) is 8.58. The lowest BCUT2D eigenvalue weighted by atomic mass is 9.86. The van der Waals surface area contributed by atoms with Crippen molar-refractivity contribution in [1.29, 1.82) is 0 Å². The zero-order chi connectivity index (χ0) is 15.0. The van der Waals surface area contributed by atoms with E-state index >= 15 is 0 Å². The van der Waals surface area contributed by atoms with Crippen LogP contribution in [0.1, 0.15) is 52.0 Å². The van der Waals surface area contributed by atoms with Crippen molar-refractivity contribution in [1.82, 2.24) is 5.32 Å². The molecule has 0 saturated carbocycles. The highest BCUT2D eigenvalue weighted by atomic mass is 79.9. The molecule has 0 aliphatic heterocycles. The molecule has 114 valence electrons. The van der Waals surface area contributed by atoms with Gasteiger partial charge in [-0.1, -0.05) is 49.5 Å². The number of nitrogens with one attached hydrogen (secondary N) is 1. The largest absolute Gasteiger partial charge is 0.314 e. The highest BCUT2D eigenvalue weighted by molar-refractivity contribution is 9.10. The molecule has 1 unspecified atom stereocenters. The summed E-state index contributed by atoms with van der Waals surface area (Å²) in [6.45, 7) is 7.59. The molecule has 0 radical (unpaired) electrons. The first-order valence-electron chi connectivity index (χ1n) is 7.79. The molecule has 3 heteroatoms. The fourth-order valence-electron chi connectivity index (χ4n) is 2.94. The minimum Gasteiger partial charge on any atom is -0.314 e. The fraction of sp³-hybridized carbons (Fsp3) is 0.647. The van der Waals surface area contributed by atoms with Crippen molar-refractivity contribution in [2.24, 2.45) is 5.92 Å². The summed E-state index contributed by atoms with van der Waals surface area (Å²) in [5, 5.41) is 3.60. The van der Waals surface area contributed by atoms with Crippen molar-refractivity contribution < 1.29 is 4.39 Å². The van der Waals surface area contributed by atoms with Gasteiger partial charge in [0.15, 0.2) is 0 Å². The number of benzene rings is 1. The third kappa shape index (κ3) is 5.92. The van der Waals surface area contributed by atoms with Gasteiger partial charge in [-0.25, -0.2) is 4.39 Å². The van der Waals surface area contributed by atoms with Crippen LogP contribution in [0.5, 0.6) is 0 Å². The van der Waals surface area contributed by atoms with Gasteiger partial charge in [0.05, 0.1) is 0 Å². The summed E-state index contributed by atoms with van der Waals surface area (Å²) in [6, 6.07) is 5.64. The summed E-state index contributed by atoms with van der Waals surface area (Å²) in [7, 11) is 0. The van der Waals surface area contributed by atoms with Crippen molar-refractivity contribution in [3.8, 4) is 0 Å². The van der Waals surface area contributed by atoms with E-state index in [0.717, 1.165) is 23.0 Å². The van der Waals surface area contributed by atoms with Crippen LogP contribution in [0.15, 0.2) is 22.7 Å². The van der Waals surface area contributed by atoms with Crippen LogP contribution in [0.25, 0.3) is 0 Å². The van der Waals surface area contributed by atoms with Crippen LogP contribution in [0.3, 0.4) is 0 Å². The lowest BCUT2D eigenvalue weighted by Crippen LogP contribution is -2.38. The van der Waals surface area contributed by atoms with Crippen LogP contribution in [0, 0.1) is 11.7 Å². The molecule has 1 N–H and O–H groups in total. The maximum atomic E-state index is 13.5. The first-order chi connectivity index (χ1) is 9.60. The molecule has 0 amide bonds. The number of hydrogen-bond donors (Lipinski definition) is 1. The second-order valence-corrected chi connectivity index (χ2v) is 6.40. The Morgan fingerprint density at radius 1 is 1.10 bits per heavy atom. The summed E-state index contributed by atoms with van der Waals surface area (Å²) >= 11 is 3.38. The van der Waals surface area contributed by atoms with Gasteiger partial charge in [-0.15, -0.1) is 0 Å². The van der Waals surface area contributed by atoms with Crippen LogP contribution >= 0.6 is 15.9 Å². The third-order valence-corrected chi connectivity index (χ3v) is 4.19. The molecule has 0 aliphatic carbocycles. The molecule has 1 atom stereocenters. The third-order valence-electron chi connectivity index (χ3n) is 3.73. The average Bonchev–Trinajstić information content (AvgIpc) is 2.37. The van der Waals surface area contributed by atoms with E-state index in [0.29, 0.717) is 12.0 Å². The van der Waals surface area contributed by atoms with Gasteiger partial charge in [0.25, 0.3) is 0 Å². The molecular weight excluding hydrogens is 317 g/mol. The summed E-state index contributed by atoms with van der Waals surface area (Å²) in [4.78, 5) is 0. The number of halogens is 2. The van der Waals surface area contributed by atoms with E-state index in [1.54, 1.807) is 6.07 Å². The minimum atomic E-state index is -0.160. The van der Waals surface area contributed by atoms with Crippen molar-refractivity contribution in [3.05, 3.63) is 34.1 Å². The molecule has 0 spiro atoms. The molecule has 1 aromatic carbocycles. The Balaban J connectivity index is 2.83. The Morgan fingerprint density at radius 2 is 1.75 bits per heavy atom. The molecule has 0 heterocycles. The van der Waals surface area contributed by atoms with Crippen LogP contribution in [-0.4, -0.2) is 12.6 Å². The van der Waals surface area contributed by atoms with E-state index in [4.69, 9.17) is 0 Å². The maximum Gasteiger partial charge on any atom is 0.124 e. The highest BCUT2D eigenvalue weighted by Crippen LogP contribution is 2.23. The summed E-state index contributed by atoms with van der Waals surface area (Å²) in [5.74, 6) is 0.513. The predicted molar refractivity (Wildman–Crippen MR) is 88.6 cm³/mol. The van der Waals surface area contributed by atoms with Gasteiger partial charge >= 0.3 is 0 Å². The van der Waals surface area contributed by atoms with Crippen LogP contribution < -0.4 is 5.32 Å². The quantitative estimate of drug-likeness (QED) is 0.639. The molecule has 1 rings (SSSR count). The molecule has 0 fully saturated rings. The lowest BCUT2D eigenvalue weighted by Gasteiger charge is -2.28. The van der Waals surface area contributed by atoms with E-state index in [2.05, 4.69) is 42.0 Å². The van der Waals surface area contributed by atoms with Gasteiger partial charge < -0.3 is 5.32 Å². The van der Waals surface area contributed by atoms with Crippen molar-refractivity contribution in [3.63, 3.8) is 0 Å². The zero-order valence-electron chi connectivity index (χ0n) is 12.9. The van der Waals surface area contributed by atoms with Gasteiger partial charge in [-0.05, 0) is 55.5 Å². The lowest BCUT2D eigenvalue weighted by molar-refractivity contribution is 0.312. The van der Waals surface area contributed by atoms with Crippen molar-refractivity contribution in [2.45, 2.75) is 58.9 Å². The topological polar surface area (TPSA) is 12.0 Å². The first kappa shape index (κ1) is 17.6. The normalized spacial score (nSPS) is 12.9. The second-order valence-electron chi connectivity index (χ2n) is 5.48. The van der Waals surface area contributed by atoms with E-state index in [1.807, 2.05) is 6.07 Å². The zero-order valence-corrected chi connectivity index (χ0v) is 14.5. The molecule has 0 aromatic heterocycles. The average molecular weight is 344 g/mol. The van der Waals surface area contributed by atoms with E-state index in [9.17, 15) is 4.39 Å². The molecule has 20 heavy (non-hydrogen) atoms. The van der Waals surface area contributed by atoms with E-state index < -0.39 is 0 Å². The minimum absolute atomic E-state index is 0.160. The Labute approximate surface area is 131 Å².